The minimum atomic E-state index is -4.09. The number of sulfonamides is 1. The second kappa shape index (κ2) is 16.7. The van der Waals surface area contributed by atoms with Gasteiger partial charge in [0, 0.05) is 39.0 Å². The summed E-state index contributed by atoms with van der Waals surface area (Å²) in [6, 6.07) is 13.4. The van der Waals surface area contributed by atoms with E-state index in [1.807, 2.05) is 44.2 Å². The minimum Gasteiger partial charge on any atom is -0.443 e. The molecule has 3 heterocycles. The highest BCUT2D eigenvalue weighted by atomic mass is 32.2. The number of carbonyl (C=O) groups is 2. The van der Waals surface area contributed by atoms with Crippen molar-refractivity contribution in [1.29, 1.82) is 0 Å². The van der Waals surface area contributed by atoms with Gasteiger partial charge >= 0.3 is 6.09 Å². The third-order valence-corrected chi connectivity index (χ3v) is 13.0. The molecule has 2 aliphatic heterocycles. The number of nitrogens with zero attached hydrogens (tertiary/aromatic N) is 4. The smallest absolute Gasteiger partial charge is 0.407 e. The fourth-order valence-corrected chi connectivity index (χ4v) is 10.3. The van der Waals surface area contributed by atoms with Crippen molar-refractivity contribution in [1.82, 2.24) is 19.5 Å². The summed E-state index contributed by atoms with van der Waals surface area (Å²) in [6.07, 6.45) is 3.43. The molecule has 0 bridgehead atoms. The second-order valence-corrected chi connectivity index (χ2v) is 17.4. The van der Waals surface area contributed by atoms with Crippen LogP contribution in [0.1, 0.15) is 58.4 Å². The number of aliphatic hydroxyl groups excluding tert-OH is 1. The lowest BCUT2D eigenvalue weighted by Crippen LogP contribution is -2.51. The topological polar surface area (TPSA) is 142 Å². The molecule has 2 N–H and O–H groups in total. The van der Waals surface area contributed by atoms with Crippen molar-refractivity contribution in [3.05, 3.63) is 54.1 Å². The summed E-state index contributed by atoms with van der Waals surface area (Å²) >= 11 is 1.29. The van der Waals surface area contributed by atoms with Gasteiger partial charge in [-0.1, -0.05) is 61.9 Å². The number of amides is 2. The number of rotatable bonds is 15. The Morgan fingerprint density at radius 1 is 1.10 bits per heavy atom. The largest absolute Gasteiger partial charge is 0.443 e. The molecule has 3 aromatic rings. The Balaban J connectivity index is 1.19. The molecule has 0 spiro atoms. The van der Waals surface area contributed by atoms with E-state index >= 15 is 0 Å². The highest BCUT2D eigenvalue weighted by molar-refractivity contribution is 7.89. The molecule has 2 saturated heterocycles. The first-order valence-corrected chi connectivity index (χ1v) is 20.5. The quantitative estimate of drug-likeness (QED) is 0.228. The molecule has 14 heteroatoms. The first-order valence-electron chi connectivity index (χ1n) is 18.2. The Labute approximate surface area is 305 Å². The summed E-state index contributed by atoms with van der Waals surface area (Å²) in [4.78, 5) is 34.6. The number of hydrogen-bond acceptors (Lipinski definition) is 10. The van der Waals surface area contributed by atoms with Crippen LogP contribution in [-0.2, 0) is 30.7 Å². The van der Waals surface area contributed by atoms with Crippen LogP contribution in [0.25, 0.3) is 10.2 Å². The van der Waals surface area contributed by atoms with E-state index in [0.717, 1.165) is 57.3 Å². The van der Waals surface area contributed by atoms with Crippen LogP contribution in [0.3, 0.4) is 0 Å². The number of aromatic nitrogens is 1. The van der Waals surface area contributed by atoms with E-state index in [-0.39, 0.29) is 54.4 Å². The number of carbonyl (C=O) groups excluding carboxylic acids is 2. The maximum Gasteiger partial charge on any atom is 0.407 e. The van der Waals surface area contributed by atoms with Gasteiger partial charge < -0.3 is 24.8 Å². The Morgan fingerprint density at radius 2 is 1.86 bits per heavy atom. The Kier molecular flexibility index (Phi) is 12.3. The van der Waals surface area contributed by atoms with Crippen molar-refractivity contribution in [3.8, 4) is 0 Å². The number of fused-ring (bicyclic) bond motifs is 2. The minimum absolute atomic E-state index is 0.0438. The molecular weight excluding hydrogens is 691 g/mol. The first kappa shape index (κ1) is 37.6. The van der Waals surface area contributed by atoms with Gasteiger partial charge in [-0.25, -0.2) is 18.2 Å². The molecule has 278 valence electrons. The van der Waals surface area contributed by atoms with Crippen molar-refractivity contribution in [3.63, 3.8) is 0 Å². The summed E-state index contributed by atoms with van der Waals surface area (Å²) in [5.74, 6) is 0.0186. The van der Waals surface area contributed by atoms with Crippen molar-refractivity contribution in [2.75, 3.05) is 50.8 Å². The van der Waals surface area contributed by atoms with Crippen molar-refractivity contribution >= 4 is 48.7 Å². The van der Waals surface area contributed by atoms with Gasteiger partial charge in [0.1, 0.15) is 6.10 Å². The van der Waals surface area contributed by atoms with Crippen molar-refractivity contribution in [2.24, 2.45) is 11.8 Å². The number of likely N-dealkylation sites (tertiary alicyclic amines) is 1. The molecule has 5 atom stereocenters. The van der Waals surface area contributed by atoms with Gasteiger partial charge in [0.05, 0.1) is 40.0 Å². The Bertz CT molecular complexity index is 1750. The number of thiazole rings is 1. The zero-order valence-electron chi connectivity index (χ0n) is 29.8. The number of nitrogens with one attached hydrogen (secondary N) is 1. The number of alkyl carbamates (subject to hydrolysis) is 1. The highest BCUT2D eigenvalue weighted by Gasteiger charge is 2.43. The number of anilines is 1. The lowest BCUT2D eigenvalue weighted by molar-refractivity contribution is -0.116. The van der Waals surface area contributed by atoms with E-state index < -0.39 is 28.3 Å². The van der Waals surface area contributed by atoms with E-state index in [4.69, 9.17) is 9.47 Å². The number of benzene rings is 2. The third-order valence-electron chi connectivity index (χ3n) is 10.2. The molecule has 5 unspecified atom stereocenters. The summed E-state index contributed by atoms with van der Waals surface area (Å²) in [7, 11) is -4.09. The standard InChI is InChI=1S/C37H51N5O7S2/c1-25(2)22-41(23-32(44)31(20-27-10-5-4-6-11-27)39-37(45)49-34-24-48-33-13-9-12-29(33)34)51(46,47)28-14-15-30-35(21-28)50-36(38-30)42(26(3)43)19-18-40-16-7-8-17-40/h4-6,10-11,14-15,21,25,29,31-34,44H,7-9,12-13,16-20,22-24H2,1-3H3,(H,39,45). The van der Waals surface area contributed by atoms with Crippen molar-refractivity contribution in [2.45, 2.75) is 88.5 Å². The van der Waals surface area contributed by atoms with Crippen LogP contribution in [-0.4, -0.2) is 110 Å². The third kappa shape index (κ3) is 9.27. The molecule has 2 amide bonds. The predicted octanol–water partition coefficient (Wildman–Crippen LogP) is 4.66. The van der Waals surface area contributed by atoms with E-state index in [1.54, 1.807) is 17.0 Å². The molecule has 2 aromatic carbocycles. The molecule has 1 saturated carbocycles. The van der Waals surface area contributed by atoms with Gasteiger partial charge in [-0.15, -0.1) is 0 Å². The molecule has 0 radical (unpaired) electrons. The van der Waals surface area contributed by atoms with E-state index in [2.05, 4.69) is 15.2 Å². The maximum atomic E-state index is 14.3. The normalized spacial score (nSPS) is 22.0. The molecule has 12 nitrogen and oxygen atoms in total. The highest BCUT2D eigenvalue weighted by Crippen LogP contribution is 2.37. The summed E-state index contributed by atoms with van der Waals surface area (Å²) in [5, 5.41) is 15.1. The average molecular weight is 742 g/mol. The van der Waals surface area contributed by atoms with Crippen molar-refractivity contribution < 1.29 is 32.6 Å². The van der Waals surface area contributed by atoms with Gasteiger partial charge in [-0.3, -0.25) is 9.69 Å². The van der Waals surface area contributed by atoms with Crippen LogP contribution >= 0.6 is 11.3 Å². The Morgan fingerprint density at radius 3 is 2.59 bits per heavy atom. The fourth-order valence-electron chi connectivity index (χ4n) is 7.49. The fraction of sp³-hybridized carbons (Fsp3) is 0.595. The van der Waals surface area contributed by atoms with E-state index in [0.29, 0.717) is 28.5 Å². The second-order valence-electron chi connectivity index (χ2n) is 14.5. The first-order chi connectivity index (χ1) is 24.5. The monoisotopic (exact) mass is 741 g/mol. The van der Waals surface area contributed by atoms with Gasteiger partial charge in [0.15, 0.2) is 5.13 Å². The summed E-state index contributed by atoms with van der Waals surface area (Å²) in [5.41, 5.74) is 1.49. The van der Waals surface area contributed by atoms with Crippen LogP contribution in [0, 0.1) is 11.8 Å². The molecule has 3 fully saturated rings. The molecule has 3 aliphatic rings. The zero-order chi connectivity index (χ0) is 36.1. The van der Waals surface area contributed by atoms with Gasteiger partial charge in [0.2, 0.25) is 15.9 Å². The summed E-state index contributed by atoms with van der Waals surface area (Å²) in [6.45, 7) is 8.96. The molecule has 51 heavy (non-hydrogen) atoms. The van der Waals surface area contributed by atoms with Gasteiger partial charge in [-0.2, -0.15) is 4.31 Å². The van der Waals surface area contributed by atoms with Gasteiger partial charge in [0.25, 0.3) is 0 Å². The van der Waals surface area contributed by atoms with Gasteiger partial charge in [-0.05, 0) is 74.9 Å². The maximum absolute atomic E-state index is 14.3. The predicted molar refractivity (Wildman–Crippen MR) is 197 cm³/mol. The molecule has 1 aromatic heterocycles. The lowest BCUT2D eigenvalue weighted by Gasteiger charge is -2.31. The molecule has 1 aliphatic carbocycles. The van der Waals surface area contributed by atoms with Crippen LogP contribution < -0.4 is 10.2 Å². The molecule has 6 rings (SSSR count). The Hall–Kier alpha value is -3.14. The van der Waals surface area contributed by atoms with E-state index in [9.17, 15) is 23.1 Å². The number of ether oxygens (including phenoxy) is 2. The number of hydrogen-bond donors (Lipinski definition) is 2. The van der Waals surface area contributed by atoms with Crippen LogP contribution in [0.4, 0.5) is 9.93 Å². The lowest BCUT2D eigenvalue weighted by atomic mass is 10.0. The van der Waals surface area contributed by atoms with Crippen LogP contribution in [0.2, 0.25) is 0 Å². The SMILES string of the molecule is CC(=O)N(CCN1CCCC1)c1nc2ccc(S(=O)(=O)N(CC(C)C)CC(O)C(Cc3ccccc3)NC(=O)OC3COC4CCCC43)cc2s1. The van der Waals surface area contributed by atoms with Crippen LogP contribution in [0.15, 0.2) is 53.4 Å². The number of aliphatic hydroxyl groups is 1. The van der Waals surface area contributed by atoms with Crippen LogP contribution in [0.5, 0.6) is 0 Å². The van der Waals surface area contributed by atoms with E-state index in [1.165, 1.54) is 28.6 Å². The zero-order valence-corrected chi connectivity index (χ0v) is 31.4. The molecular formula is C37H51N5O7S2. The average Bonchev–Trinajstić information content (AvgIpc) is 3.91. The summed E-state index contributed by atoms with van der Waals surface area (Å²) < 4.78 is 42.2.